The van der Waals surface area contributed by atoms with Gasteiger partial charge in [-0.2, -0.15) is 5.26 Å². The van der Waals surface area contributed by atoms with Gasteiger partial charge >= 0.3 is 0 Å². The highest BCUT2D eigenvalue weighted by Crippen LogP contribution is 2.28. The fraction of sp³-hybridized carbons (Fsp3) is 0.0833. The summed E-state index contributed by atoms with van der Waals surface area (Å²) in [6, 6.07) is 13.8. The quantitative estimate of drug-likeness (QED) is 0.573. The molecule has 0 aliphatic carbocycles. The van der Waals surface area contributed by atoms with Crippen molar-refractivity contribution in [2.45, 2.75) is 0 Å². The molecule has 3 N–H and O–H groups in total. The first-order valence-electron chi connectivity index (χ1n) is 4.71. The molecule has 0 fully saturated rings. The van der Waals surface area contributed by atoms with Gasteiger partial charge in [-0.1, -0.05) is 30.3 Å². The van der Waals surface area contributed by atoms with Crippen molar-refractivity contribution in [2.24, 2.45) is 0 Å². The maximum atomic E-state index is 8.54. The minimum atomic E-state index is 0.262. The summed E-state index contributed by atoms with van der Waals surface area (Å²) in [7, 11) is 0. The Labute approximate surface area is 88.1 Å². The lowest BCUT2D eigenvalue weighted by Crippen LogP contribution is -2.02. The molecule has 0 bridgehead atoms. The van der Waals surface area contributed by atoms with Gasteiger partial charge in [-0.15, -0.1) is 0 Å². The predicted octanol–water partition coefficient (Wildman–Crippen LogP) is 2.36. The van der Waals surface area contributed by atoms with Crippen LogP contribution in [0.2, 0.25) is 0 Å². The van der Waals surface area contributed by atoms with Gasteiger partial charge in [-0.05, 0) is 11.5 Å². The third-order valence-electron chi connectivity index (χ3n) is 2.31. The molecule has 2 aromatic rings. The lowest BCUT2D eigenvalue weighted by atomic mass is 10.1. The van der Waals surface area contributed by atoms with E-state index in [0.29, 0.717) is 5.69 Å². The second kappa shape index (κ2) is 3.89. The van der Waals surface area contributed by atoms with E-state index in [-0.39, 0.29) is 6.54 Å². The fourth-order valence-electron chi connectivity index (χ4n) is 1.61. The SMILES string of the molecule is N#CCNc1c(N)ccc2ccccc12. The summed E-state index contributed by atoms with van der Waals surface area (Å²) in [6.45, 7) is 0.262. The van der Waals surface area contributed by atoms with E-state index in [1.165, 1.54) is 0 Å². The molecule has 3 nitrogen and oxygen atoms in total. The molecule has 0 unspecified atom stereocenters. The molecule has 0 radical (unpaired) electrons. The number of benzene rings is 2. The smallest absolute Gasteiger partial charge is 0.103 e. The Bertz CT molecular complexity index is 526. The second-order valence-electron chi connectivity index (χ2n) is 3.26. The lowest BCUT2D eigenvalue weighted by molar-refractivity contribution is 1.33. The largest absolute Gasteiger partial charge is 0.397 e. The summed E-state index contributed by atoms with van der Waals surface area (Å²) in [4.78, 5) is 0. The van der Waals surface area contributed by atoms with Gasteiger partial charge in [0.15, 0.2) is 0 Å². The number of nitrogens with one attached hydrogen (secondary N) is 1. The van der Waals surface area contributed by atoms with Crippen LogP contribution in [0, 0.1) is 11.3 Å². The standard InChI is InChI=1S/C12H11N3/c13-7-8-15-12-10-4-2-1-3-9(10)5-6-11(12)14/h1-6,15H,8,14H2. The molecule has 3 heteroatoms. The van der Waals surface area contributed by atoms with Crippen molar-refractivity contribution in [3.63, 3.8) is 0 Å². The van der Waals surface area contributed by atoms with E-state index in [1.54, 1.807) is 0 Å². The highest BCUT2D eigenvalue weighted by atomic mass is 14.9. The molecule has 0 spiro atoms. The zero-order chi connectivity index (χ0) is 10.7. The summed E-state index contributed by atoms with van der Waals surface area (Å²) in [5, 5.41) is 13.7. The maximum Gasteiger partial charge on any atom is 0.103 e. The van der Waals surface area contributed by atoms with Crippen LogP contribution in [0.25, 0.3) is 10.8 Å². The van der Waals surface area contributed by atoms with E-state index < -0.39 is 0 Å². The average molecular weight is 197 g/mol. The number of anilines is 2. The molecule has 15 heavy (non-hydrogen) atoms. The molecule has 0 aromatic heterocycles. The Kier molecular flexibility index (Phi) is 2.42. The van der Waals surface area contributed by atoms with Crippen molar-refractivity contribution < 1.29 is 0 Å². The fourth-order valence-corrected chi connectivity index (χ4v) is 1.61. The van der Waals surface area contributed by atoms with Crippen molar-refractivity contribution in [1.29, 1.82) is 5.26 Å². The molecule has 74 valence electrons. The van der Waals surface area contributed by atoms with E-state index in [0.717, 1.165) is 16.5 Å². The Morgan fingerprint density at radius 2 is 2.00 bits per heavy atom. The maximum absolute atomic E-state index is 8.54. The zero-order valence-corrected chi connectivity index (χ0v) is 8.20. The van der Waals surface area contributed by atoms with E-state index in [9.17, 15) is 0 Å². The number of nitriles is 1. The third-order valence-corrected chi connectivity index (χ3v) is 2.31. The van der Waals surface area contributed by atoms with Crippen LogP contribution < -0.4 is 11.1 Å². The molecule has 2 aromatic carbocycles. The van der Waals surface area contributed by atoms with Gasteiger partial charge in [0.05, 0.1) is 17.4 Å². The Balaban J connectivity index is 2.59. The molecule has 0 amide bonds. The van der Waals surface area contributed by atoms with E-state index in [4.69, 9.17) is 11.0 Å². The molecule has 0 saturated heterocycles. The molecule has 0 aliphatic rings. The number of fused-ring (bicyclic) bond motifs is 1. The molecule has 0 aliphatic heterocycles. The minimum Gasteiger partial charge on any atom is -0.397 e. The Morgan fingerprint density at radius 1 is 1.20 bits per heavy atom. The molecule has 0 heterocycles. The molecular formula is C12H11N3. The molecule has 0 saturated carbocycles. The summed E-state index contributed by atoms with van der Waals surface area (Å²) in [5.74, 6) is 0. The van der Waals surface area contributed by atoms with Gasteiger partial charge in [-0.3, -0.25) is 0 Å². The Hall–Kier alpha value is -2.21. The number of nitrogens with zero attached hydrogens (tertiary/aromatic N) is 1. The highest BCUT2D eigenvalue weighted by Gasteiger charge is 2.03. The van der Waals surface area contributed by atoms with Gasteiger partial charge in [0, 0.05) is 5.39 Å². The predicted molar refractivity (Wildman–Crippen MR) is 62.5 cm³/mol. The van der Waals surface area contributed by atoms with Gasteiger partial charge in [0.25, 0.3) is 0 Å². The topological polar surface area (TPSA) is 61.8 Å². The first kappa shape index (κ1) is 9.35. The van der Waals surface area contributed by atoms with Crippen LogP contribution in [-0.2, 0) is 0 Å². The monoisotopic (exact) mass is 197 g/mol. The zero-order valence-electron chi connectivity index (χ0n) is 8.20. The molecule has 2 rings (SSSR count). The van der Waals surface area contributed by atoms with Gasteiger partial charge in [-0.25, -0.2) is 0 Å². The molecular weight excluding hydrogens is 186 g/mol. The summed E-state index contributed by atoms with van der Waals surface area (Å²) < 4.78 is 0. The third kappa shape index (κ3) is 1.70. The first-order chi connectivity index (χ1) is 7.33. The van der Waals surface area contributed by atoms with Crippen molar-refractivity contribution in [2.75, 3.05) is 17.6 Å². The number of hydrogen-bond acceptors (Lipinski definition) is 3. The van der Waals surface area contributed by atoms with Crippen molar-refractivity contribution >= 4 is 22.1 Å². The van der Waals surface area contributed by atoms with Crippen LogP contribution in [-0.4, -0.2) is 6.54 Å². The minimum absolute atomic E-state index is 0.262. The van der Waals surface area contributed by atoms with Crippen LogP contribution in [0.15, 0.2) is 36.4 Å². The first-order valence-corrected chi connectivity index (χ1v) is 4.71. The van der Waals surface area contributed by atoms with Gasteiger partial charge in [0.2, 0.25) is 0 Å². The summed E-state index contributed by atoms with van der Waals surface area (Å²) in [5.41, 5.74) is 7.37. The van der Waals surface area contributed by atoms with Crippen LogP contribution in [0.1, 0.15) is 0 Å². The van der Waals surface area contributed by atoms with Crippen LogP contribution >= 0.6 is 0 Å². The van der Waals surface area contributed by atoms with Crippen molar-refractivity contribution in [1.82, 2.24) is 0 Å². The van der Waals surface area contributed by atoms with Crippen molar-refractivity contribution in [3.05, 3.63) is 36.4 Å². The number of hydrogen-bond donors (Lipinski definition) is 2. The summed E-state index contributed by atoms with van der Waals surface area (Å²) >= 11 is 0. The number of nitrogen functional groups attached to an aromatic ring is 1. The van der Waals surface area contributed by atoms with Crippen LogP contribution in [0.3, 0.4) is 0 Å². The van der Waals surface area contributed by atoms with Gasteiger partial charge in [0.1, 0.15) is 6.54 Å². The normalized spacial score (nSPS) is 9.80. The number of nitrogens with two attached hydrogens (primary N) is 1. The average Bonchev–Trinajstić information content (AvgIpc) is 2.28. The number of rotatable bonds is 2. The van der Waals surface area contributed by atoms with Crippen LogP contribution in [0.5, 0.6) is 0 Å². The van der Waals surface area contributed by atoms with E-state index in [2.05, 4.69) is 5.32 Å². The summed E-state index contributed by atoms with van der Waals surface area (Å²) in [6.07, 6.45) is 0. The lowest BCUT2D eigenvalue weighted by Gasteiger charge is -2.09. The van der Waals surface area contributed by atoms with Crippen molar-refractivity contribution in [3.8, 4) is 6.07 Å². The van der Waals surface area contributed by atoms with Gasteiger partial charge < -0.3 is 11.1 Å². The van der Waals surface area contributed by atoms with E-state index in [1.807, 2.05) is 42.5 Å². The Morgan fingerprint density at radius 3 is 2.80 bits per heavy atom. The van der Waals surface area contributed by atoms with E-state index >= 15 is 0 Å². The molecule has 0 atom stereocenters. The second-order valence-corrected chi connectivity index (χ2v) is 3.26. The van der Waals surface area contributed by atoms with Crippen LogP contribution in [0.4, 0.5) is 11.4 Å². The highest BCUT2D eigenvalue weighted by molar-refractivity contribution is 5.99.